The van der Waals surface area contributed by atoms with Crippen molar-refractivity contribution in [2.45, 2.75) is 0 Å². The van der Waals surface area contributed by atoms with E-state index in [2.05, 4.69) is 21.9 Å². The van der Waals surface area contributed by atoms with Gasteiger partial charge >= 0.3 is 0 Å². The number of anilines is 1. The van der Waals surface area contributed by atoms with Gasteiger partial charge in [-0.3, -0.25) is 9.71 Å². The molecule has 0 bridgehead atoms. The zero-order valence-electron chi connectivity index (χ0n) is 8.04. The molecule has 15 heavy (non-hydrogen) atoms. The average Bonchev–Trinajstić information content (AvgIpc) is 2.12. The van der Waals surface area contributed by atoms with E-state index in [0.717, 1.165) is 6.26 Å². The van der Waals surface area contributed by atoms with Gasteiger partial charge in [0.1, 0.15) is 0 Å². The lowest BCUT2D eigenvalue weighted by Crippen LogP contribution is -2.09. The molecule has 0 radical (unpaired) electrons. The van der Waals surface area contributed by atoms with Crippen LogP contribution in [0.5, 0.6) is 0 Å². The van der Waals surface area contributed by atoms with E-state index in [0.29, 0.717) is 11.4 Å². The van der Waals surface area contributed by atoms with Crippen molar-refractivity contribution >= 4 is 45.2 Å². The van der Waals surface area contributed by atoms with Gasteiger partial charge in [-0.25, -0.2) is 8.42 Å². The molecule has 0 atom stereocenters. The molecule has 0 aliphatic heterocycles. The molecular formula is C9H10N2O2S2. The Bertz CT molecular complexity index is 481. The van der Waals surface area contributed by atoms with Crippen molar-refractivity contribution < 1.29 is 8.42 Å². The van der Waals surface area contributed by atoms with Crippen molar-refractivity contribution in [3.63, 3.8) is 0 Å². The molecule has 0 saturated heterocycles. The highest BCUT2D eigenvalue weighted by molar-refractivity contribution is 7.92. The predicted octanol–water partition coefficient (Wildman–Crippen LogP) is 1.76. The van der Waals surface area contributed by atoms with Gasteiger partial charge in [0.25, 0.3) is 0 Å². The lowest BCUT2D eigenvalue weighted by Gasteiger charge is -2.03. The Morgan fingerprint density at radius 3 is 2.80 bits per heavy atom. The normalized spacial score (nSPS) is 11.5. The molecule has 4 nitrogen and oxygen atoms in total. The monoisotopic (exact) mass is 242 g/mol. The van der Waals surface area contributed by atoms with Crippen LogP contribution in [0.2, 0.25) is 0 Å². The maximum Gasteiger partial charge on any atom is 0.229 e. The van der Waals surface area contributed by atoms with E-state index >= 15 is 0 Å². The van der Waals surface area contributed by atoms with Crippen LogP contribution in [0.25, 0.3) is 0 Å². The summed E-state index contributed by atoms with van der Waals surface area (Å²) in [6.07, 6.45) is 2.56. The van der Waals surface area contributed by atoms with Crippen molar-refractivity contribution in [1.82, 2.24) is 0 Å². The molecule has 0 aliphatic rings. The van der Waals surface area contributed by atoms with Gasteiger partial charge in [-0.05, 0) is 18.2 Å². The summed E-state index contributed by atoms with van der Waals surface area (Å²) < 4.78 is 24.3. The number of aliphatic imine (C=N–C) groups is 1. The molecule has 0 unspecified atom stereocenters. The third-order valence-electron chi connectivity index (χ3n) is 1.43. The number of hydrogen-bond donors (Lipinski definition) is 1. The minimum Gasteiger partial charge on any atom is -0.284 e. The number of hydrogen-bond acceptors (Lipinski definition) is 4. The summed E-state index contributed by atoms with van der Waals surface area (Å²) in [5.41, 5.74) is 1.13. The van der Waals surface area contributed by atoms with E-state index in [9.17, 15) is 8.42 Å². The molecule has 0 amide bonds. The number of sulfonamides is 1. The van der Waals surface area contributed by atoms with Crippen LogP contribution >= 0.6 is 12.2 Å². The van der Waals surface area contributed by atoms with Crippen LogP contribution in [-0.4, -0.2) is 26.3 Å². The summed E-state index contributed by atoms with van der Waals surface area (Å²) in [7, 11) is -3.24. The Balaban J connectivity index is 2.92. The topological polar surface area (TPSA) is 58.5 Å². The second-order valence-electron chi connectivity index (χ2n) is 2.84. The molecule has 0 heterocycles. The summed E-state index contributed by atoms with van der Waals surface area (Å²) >= 11 is 4.59. The molecule has 0 aliphatic carbocycles. The molecule has 0 saturated carbocycles. The smallest absolute Gasteiger partial charge is 0.229 e. The van der Waals surface area contributed by atoms with Crippen molar-refractivity contribution in [3.8, 4) is 0 Å². The SMILES string of the molecule is CS(=O)(=O)Nc1cccc(N=CC=S)c1. The maximum absolute atomic E-state index is 11.0. The zero-order chi connectivity index (χ0) is 11.3. The van der Waals surface area contributed by atoms with Crippen LogP contribution in [0.1, 0.15) is 0 Å². The van der Waals surface area contributed by atoms with Gasteiger partial charge < -0.3 is 0 Å². The highest BCUT2D eigenvalue weighted by Crippen LogP contribution is 2.17. The molecule has 1 aromatic carbocycles. The Morgan fingerprint density at radius 1 is 1.47 bits per heavy atom. The Kier molecular flexibility index (Phi) is 3.93. The first-order chi connectivity index (χ1) is 7.01. The van der Waals surface area contributed by atoms with Gasteiger partial charge in [-0.15, -0.1) is 0 Å². The van der Waals surface area contributed by atoms with Gasteiger partial charge in [-0.2, -0.15) is 0 Å². The number of nitrogens with one attached hydrogen (secondary N) is 1. The Labute approximate surface area is 94.1 Å². The zero-order valence-corrected chi connectivity index (χ0v) is 9.68. The number of thiocarbonyl (C=S) groups is 1. The van der Waals surface area contributed by atoms with Gasteiger partial charge in [0.2, 0.25) is 10.0 Å². The lowest BCUT2D eigenvalue weighted by atomic mass is 10.3. The second kappa shape index (κ2) is 4.99. The number of nitrogens with zero attached hydrogens (tertiary/aromatic N) is 1. The van der Waals surface area contributed by atoms with Gasteiger partial charge in [-0.1, -0.05) is 18.3 Å². The van der Waals surface area contributed by atoms with Gasteiger partial charge in [0.05, 0.1) is 17.6 Å². The van der Waals surface area contributed by atoms with Crippen LogP contribution in [0.4, 0.5) is 11.4 Å². The summed E-state index contributed by atoms with van der Waals surface area (Å²) in [5.74, 6) is 0. The van der Waals surface area contributed by atoms with E-state index in [4.69, 9.17) is 0 Å². The van der Waals surface area contributed by atoms with E-state index < -0.39 is 10.0 Å². The Hall–Kier alpha value is -1.27. The molecule has 1 aromatic rings. The second-order valence-corrected chi connectivity index (χ2v) is 4.86. The third kappa shape index (κ3) is 4.66. The first kappa shape index (κ1) is 11.8. The highest BCUT2D eigenvalue weighted by atomic mass is 32.2. The summed E-state index contributed by atoms with van der Waals surface area (Å²) in [4.78, 5) is 4.00. The molecule has 1 rings (SSSR count). The number of rotatable bonds is 4. The maximum atomic E-state index is 11.0. The van der Waals surface area contributed by atoms with Crippen LogP contribution in [0, 0.1) is 0 Å². The van der Waals surface area contributed by atoms with Crippen molar-refractivity contribution in [2.75, 3.05) is 11.0 Å². The molecule has 0 spiro atoms. The lowest BCUT2D eigenvalue weighted by molar-refractivity contribution is 0.607. The minimum atomic E-state index is -3.24. The molecule has 80 valence electrons. The minimum absolute atomic E-state index is 0.483. The quantitative estimate of drug-likeness (QED) is 0.646. The van der Waals surface area contributed by atoms with Crippen LogP contribution in [0.15, 0.2) is 29.3 Å². The molecule has 6 heteroatoms. The predicted molar refractivity (Wildman–Crippen MR) is 66.7 cm³/mol. The van der Waals surface area contributed by atoms with E-state index in [-0.39, 0.29) is 0 Å². The van der Waals surface area contributed by atoms with Crippen molar-refractivity contribution in [2.24, 2.45) is 4.99 Å². The van der Waals surface area contributed by atoms with Crippen LogP contribution in [0.3, 0.4) is 0 Å². The first-order valence-electron chi connectivity index (χ1n) is 4.07. The van der Waals surface area contributed by atoms with E-state index in [1.54, 1.807) is 24.3 Å². The van der Waals surface area contributed by atoms with Gasteiger partial charge in [0.15, 0.2) is 0 Å². The van der Waals surface area contributed by atoms with Crippen molar-refractivity contribution in [3.05, 3.63) is 24.3 Å². The first-order valence-corrected chi connectivity index (χ1v) is 6.43. The fraction of sp³-hybridized carbons (Fsp3) is 0.111. The van der Waals surface area contributed by atoms with Gasteiger partial charge in [0, 0.05) is 11.6 Å². The van der Waals surface area contributed by atoms with Crippen LogP contribution < -0.4 is 4.72 Å². The van der Waals surface area contributed by atoms with Crippen LogP contribution in [-0.2, 0) is 10.0 Å². The summed E-state index contributed by atoms with van der Waals surface area (Å²) in [6.45, 7) is 0. The number of benzene rings is 1. The average molecular weight is 242 g/mol. The van der Waals surface area contributed by atoms with E-state index in [1.807, 2.05) is 0 Å². The summed E-state index contributed by atoms with van der Waals surface area (Å²) in [6, 6.07) is 6.74. The fourth-order valence-electron chi connectivity index (χ4n) is 0.980. The largest absolute Gasteiger partial charge is 0.284 e. The highest BCUT2D eigenvalue weighted by Gasteiger charge is 2.01. The molecule has 0 aromatic heterocycles. The molecule has 1 N–H and O–H groups in total. The standard InChI is InChI=1S/C9H10N2O2S2/c1-15(12,13)11-9-4-2-3-8(7-9)10-5-6-14/h2-7,11H,1H3. The van der Waals surface area contributed by atoms with Crippen molar-refractivity contribution in [1.29, 1.82) is 0 Å². The fourth-order valence-corrected chi connectivity index (χ4v) is 1.60. The third-order valence-corrected chi connectivity index (χ3v) is 2.16. The molecular weight excluding hydrogens is 232 g/mol. The Morgan fingerprint density at radius 2 is 2.20 bits per heavy atom. The molecule has 0 fully saturated rings. The summed E-state index contributed by atoms with van der Waals surface area (Å²) in [5, 5.41) is 1.39. The van der Waals surface area contributed by atoms with E-state index in [1.165, 1.54) is 11.6 Å².